The molecule has 4 rings (SSSR count). The zero-order chi connectivity index (χ0) is 19.1. The highest BCUT2D eigenvalue weighted by molar-refractivity contribution is 6.30. The molecule has 0 saturated carbocycles. The highest BCUT2D eigenvalue weighted by Crippen LogP contribution is 2.25. The Morgan fingerprint density at radius 3 is 2.44 bits per heavy atom. The van der Waals surface area contributed by atoms with Crippen LogP contribution in [0.5, 0.6) is 0 Å². The molecule has 0 atom stereocenters. The summed E-state index contributed by atoms with van der Waals surface area (Å²) in [5.41, 5.74) is 5.69. The van der Waals surface area contributed by atoms with Crippen LogP contribution in [-0.2, 0) is 6.54 Å². The first-order valence-electron chi connectivity index (χ1n) is 8.85. The van der Waals surface area contributed by atoms with Crippen molar-refractivity contribution in [3.8, 4) is 5.69 Å². The Hall–Kier alpha value is -2.85. The molecular formula is C22H20ClN3O. The zero-order valence-electron chi connectivity index (χ0n) is 15.5. The lowest BCUT2D eigenvalue weighted by Gasteiger charge is -2.13. The van der Waals surface area contributed by atoms with Crippen LogP contribution < -0.4 is 5.56 Å². The third-order valence-electron chi connectivity index (χ3n) is 4.80. The summed E-state index contributed by atoms with van der Waals surface area (Å²) in [5, 5.41) is 6.41. The third-order valence-corrected chi connectivity index (χ3v) is 5.04. The van der Waals surface area contributed by atoms with E-state index in [1.165, 1.54) is 5.56 Å². The fraction of sp³-hybridized carbons (Fsp3) is 0.182. The van der Waals surface area contributed by atoms with Crippen LogP contribution in [0.2, 0.25) is 5.02 Å². The molecule has 0 saturated heterocycles. The van der Waals surface area contributed by atoms with Crippen molar-refractivity contribution in [2.24, 2.45) is 0 Å². The van der Waals surface area contributed by atoms with Crippen LogP contribution in [0.1, 0.15) is 22.4 Å². The summed E-state index contributed by atoms with van der Waals surface area (Å²) >= 11 is 6.14. The van der Waals surface area contributed by atoms with Crippen molar-refractivity contribution >= 4 is 22.6 Å². The van der Waals surface area contributed by atoms with Gasteiger partial charge in [0.1, 0.15) is 5.65 Å². The first kappa shape index (κ1) is 17.6. The monoisotopic (exact) mass is 377 g/mol. The minimum Gasteiger partial charge on any atom is -0.288 e. The molecule has 0 bridgehead atoms. The fourth-order valence-electron chi connectivity index (χ4n) is 3.50. The fourth-order valence-corrected chi connectivity index (χ4v) is 3.72. The Morgan fingerprint density at radius 1 is 1.00 bits per heavy atom. The maximum atomic E-state index is 12.9. The summed E-state index contributed by atoms with van der Waals surface area (Å²) in [6.07, 6.45) is 0. The second kappa shape index (κ2) is 6.71. The molecule has 27 heavy (non-hydrogen) atoms. The number of aryl methyl sites for hydroxylation is 3. The van der Waals surface area contributed by atoms with Crippen molar-refractivity contribution in [3.63, 3.8) is 0 Å². The molecule has 0 unspecified atom stereocenters. The zero-order valence-corrected chi connectivity index (χ0v) is 16.3. The van der Waals surface area contributed by atoms with Crippen LogP contribution >= 0.6 is 11.6 Å². The molecule has 2 aromatic carbocycles. The predicted molar refractivity (Wildman–Crippen MR) is 110 cm³/mol. The second-order valence-corrected chi connectivity index (χ2v) is 7.35. The molecule has 0 amide bonds. The number of aromatic nitrogens is 3. The van der Waals surface area contributed by atoms with Crippen LogP contribution in [0.25, 0.3) is 16.7 Å². The third kappa shape index (κ3) is 3.17. The Morgan fingerprint density at radius 2 is 1.74 bits per heavy atom. The number of hydrogen-bond acceptors (Lipinski definition) is 2. The van der Waals surface area contributed by atoms with Gasteiger partial charge in [-0.25, -0.2) is 4.68 Å². The van der Waals surface area contributed by atoms with E-state index < -0.39 is 0 Å². The number of rotatable bonds is 3. The molecule has 2 heterocycles. The maximum absolute atomic E-state index is 12.9. The number of hydrogen-bond donors (Lipinski definition) is 0. The van der Waals surface area contributed by atoms with E-state index >= 15 is 0 Å². The van der Waals surface area contributed by atoms with Gasteiger partial charge in [-0.1, -0.05) is 41.4 Å². The van der Waals surface area contributed by atoms with Gasteiger partial charge in [0.15, 0.2) is 0 Å². The van der Waals surface area contributed by atoms with Gasteiger partial charge in [0.05, 0.1) is 17.9 Å². The summed E-state index contributed by atoms with van der Waals surface area (Å²) in [6, 6.07) is 17.4. The van der Waals surface area contributed by atoms with Gasteiger partial charge in [0.25, 0.3) is 5.56 Å². The molecule has 0 aliphatic rings. The molecule has 136 valence electrons. The van der Waals surface area contributed by atoms with Crippen molar-refractivity contribution in [1.82, 2.24) is 14.3 Å². The molecule has 4 nitrogen and oxygen atoms in total. The largest absolute Gasteiger partial charge is 0.288 e. The van der Waals surface area contributed by atoms with Gasteiger partial charge < -0.3 is 0 Å². The van der Waals surface area contributed by atoms with E-state index in [4.69, 9.17) is 16.7 Å². The molecule has 0 fully saturated rings. The summed E-state index contributed by atoms with van der Waals surface area (Å²) in [7, 11) is 0. The van der Waals surface area contributed by atoms with Crippen LogP contribution in [0, 0.1) is 20.8 Å². The molecule has 0 aliphatic carbocycles. The first-order valence-corrected chi connectivity index (χ1v) is 9.23. The lowest BCUT2D eigenvalue weighted by Crippen LogP contribution is -2.22. The normalized spacial score (nSPS) is 11.3. The van der Waals surface area contributed by atoms with Gasteiger partial charge in [-0.3, -0.25) is 9.36 Å². The number of halogens is 1. The molecule has 2 aromatic heterocycles. The number of nitrogens with zero attached hydrogens (tertiary/aromatic N) is 3. The molecule has 5 heteroatoms. The quantitative estimate of drug-likeness (QED) is 0.513. The first-order chi connectivity index (χ1) is 12.9. The van der Waals surface area contributed by atoms with E-state index in [0.29, 0.717) is 11.6 Å². The van der Waals surface area contributed by atoms with E-state index in [9.17, 15) is 4.79 Å². The Labute approximate surface area is 162 Å². The standard InChI is InChI=1S/C22H20ClN3O/c1-14-7-9-19(10-8-14)26-22-21(16(3)24-26)15(2)11-20(27)25(22)13-17-5-4-6-18(23)12-17/h4-12H,13H2,1-3H3. The van der Waals surface area contributed by atoms with Crippen LogP contribution in [-0.4, -0.2) is 14.3 Å². The predicted octanol–water partition coefficient (Wildman–Crippen LogP) is 4.81. The Kier molecular flexibility index (Phi) is 4.36. The number of pyridine rings is 1. The Bertz CT molecular complexity index is 1200. The van der Waals surface area contributed by atoms with Crippen LogP contribution in [0.3, 0.4) is 0 Å². The van der Waals surface area contributed by atoms with Crippen molar-refractivity contribution in [2.75, 3.05) is 0 Å². The Balaban J connectivity index is 2.00. The minimum absolute atomic E-state index is 0.0479. The van der Waals surface area contributed by atoms with Crippen molar-refractivity contribution in [2.45, 2.75) is 27.3 Å². The maximum Gasteiger partial charge on any atom is 0.252 e. The van der Waals surface area contributed by atoms with Crippen molar-refractivity contribution in [1.29, 1.82) is 0 Å². The molecule has 4 aromatic rings. The summed E-state index contributed by atoms with van der Waals surface area (Å²) in [5.74, 6) is 0. The summed E-state index contributed by atoms with van der Waals surface area (Å²) in [4.78, 5) is 12.9. The minimum atomic E-state index is -0.0479. The molecular weight excluding hydrogens is 358 g/mol. The van der Waals surface area contributed by atoms with Gasteiger partial charge in [-0.2, -0.15) is 5.10 Å². The van der Waals surface area contributed by atoms with Crippen LogP contribution in [0.4, 0.5) is 0 Å². The molecule has 0 radical (unpaired) electrons. The highest BCUT2D eigenvalue weighted by Gasteiger charge is 2.17. The van der Waals surface area contributed by atoms with E-state index in [0.717, 1.165) is 33.5 Å². The van der Waals surface area contributed by atoms with Gasteiger partial charge in [-0.05, 0) is 56.2 Å². The van der Waals surface area contributed by atoms with Crippen molar-refractivity contribution < 1.29 is 0 Å². The molecule has 0 aliphatic heterocycles. The number of benzene rings is 2. The average Bonchev–Trinajstić information content (AvgIpc) is 2.97. The van der Waals surface area contributed by atoms with Gasteiger partial charge in [0.2, 0.25) is 0 Å². The van der Waals surface area contributed by atoms with E-state index in [-0.39, 0.29) is 5.56 Å². The van der Waals surface area contributed by atoms with Crippen LogP contribution in [0.15, 0.2) is 59.4 Å². The van der Waals surface area contributed by atoms with Gasteiger partial charge in [0, 0.05) is 16.5 Å². The van der Waals surface area contributed by atoms with E-state index in [1.807, 2.05) is 67.1 Å². The average molecular weight is 378 g/mol. The van der Waals surface area contributed by atoms with Gasteiger partial charge in [-0.15, -0.1) is 0 Å². The smallest absolute Gasteiger partial charge is 0.252 e. The number of fused-ring (bicyclic) bond motifs is 1. The lowest BCUT2D eigenvalue weighted by molar-refractivity contribution is 0.750. The molecule has 0 spiro atoms. The van der Waals surface area contributed by atoms with Gasteiger partial charge >= 0.3 is 0 Å². The van der Waals surface area contributed by atoms with E-state index in [2.05, 4.69) is 6.92 Å². The SMILES string of the molecule is Cc1ccc(-n2nc(C)c3c(C)cc(=O)n(Cc4cccc(Cl)c4)c32)cc1. The van der Waals surface area contributed by atoms with E-state index in [1.54, 1.807) is 10.6 Å². The second-order valence-electron chi connectivity index (χ2n) is 6.91. The summed E-state index contributed by atoms with van der Waals surface area (Å²) < 4.78 is 3.64. The lowest BCUT2D eigenvalue weighted by atomic mass is 10.1. The summed E-state index contributed by atoms with van der Waals surface area (Å²) in [6.45, 7) is 6.43. The topological polar surface area (TPSA) is 39.8 Å². The molecule has 0 N–H and O–H groups in total. The van der Waals surface area contributed by atoms with Crippen molar-refractivity contribution in [3.05, 3.63) is 92.4 Å². The highest BCUT2D eigenvalue weighted by atomic mass is 35.5.